The summed E-state index contributed by atoms with van der Waals surface area (Å²) in [5.74, 6) is -2.57. The Balaban J connectivity index is 2.86. The maximum absolute atomic E-state index is 13.2. The number of halogens is 3. The molecule has 176 valence electrons. The Morgan fingerprint density at radius 1 is 1.17 bits per heavy atom. The molecule has 0 radical (unpaired) electrons. The Morgan fingerprint density at radius 3 is 2.20 bits per heavy atom. The number of phosphoric ester groups is 1. The van der Waals surface area contributed by atoms with Crippen LogP contribution in [0, 0.1) is 5.92 Å². The fourth-order valence-electron chi connectivity index (χ4n) is 2.08. The third-order valence-electron chi connectivity index (χ3n) is 3.11. The van der Waals surface area contributed by atoms with Gasteiger partial charge < -0.3 is 35.2 Å². The Morgan fingerprint density at radius 2 is 1.73 bits per heavy atom. The number of hydrogen-bond donors (Lipinski definition) is 6. The highest BCUT2D eigenvalue weighted by atomic mass is 32.1. The van der Waals surface area contributed by atoms with Crippen molar-refractivity contribution in [1.29, 1.82) is 0 Å². The molecule has 7 N–H and O–H groups in total. The fourth-order valence-corrected chi connectivity index (χ4v) is 5.19. The van der Waals surface area contributed by atoms with Gasteiger partial charge in [0.15, 0.2) is 6.23 Å². The molecule has 0 aromatic rings. The normalized spacial score (nSPS) is 29.6. The Bertz CT molecular complexity index is 806. The number of thiocarbonyl (C=S) groups is 1. The summed E-state index contributed by atoms with van der Waals surface area (Å²) in [6.07, 6.45) is -10.5. The average molecular weight is 526 g/mol. The number of nitrogens with zero attached hydrogens (tertiary/aromatic N) is 1. The molecule has 1 saturated heterocycles. The first-order valence-electron chi connectivity index (χ1n) is 7.31. The van der Waals surface area contributed by atoms with Crippen LogP contribution in [-0.4, -0.2) is 67.1 Å². The van der Waals surface area contributed by atoms with E-state index in [0.717, 1.165) is 6.21 Å². The van der Waals surface area contributed by atoms with E-state index in [4.69, 9.17) is 25.2 Å². The summed E-state index contributed by atoms with van der Waals surface area (Å²) in [4.78, 5) is 38.5. The van der Waals surface area contributed by atoms with E-state index in [2.05, 4.69) is 30.4 Å². The van der Waals surface area contributed by atoms with Crippen molar-refractivity contribution < 1.29 is 69.4 Å². The van der Waals surface area contributed by atoms with Crippen molar-refractivity contribution in [2.24, 2.45) is 16.6 Å². The highest BCUT2D eigenvalue weighted by Crippen LogP contribution is 2.66. The molecule has 0 aromatic carbocycles. The molecular formula is C9H16F3N2O12P3S. The zero-order valence-corrected chi connectivity index (χ0v) is 17.8. The van der Waals surface area contributed by atoms with E-state index in [9.17, 15) is 36.9 Å². The quantitative estimate of drug-likeness (QED) is 0.128. The predicted octanol–water partition coefficient (Wildman–Crippen LogP) is 0.341. The molecule has 1 aliphatic heterocycles. The van der Waals surface area contributed by atoms with E-state index in [1.165, 1.54) is 0 Å². The van der Waals surface area contributed by atoms with Gasteiger partial charge in [-0.2, -0.15) is 21.8 Å². The van der Waals surface area contributed by atoms with Gasteiger partial charge in [-0.15, -0.1) is 0 Å². The molecule has 6 unspecified atom stereocenters. The van der Waals surface area contributed by atoms with Gasteiger partial charge in [0.2, 0.25) is 0 Å². The molecule has 0 aliphatic carbocycles. The molecule has 30 heavy (non-hydrogen) atoms. The third kappa shape index (κ3) is 9.44. The molecule has 14 nitrogen and oxygen atoms in total. The summed E-state index contributed by atoms with van der Waals surface area (Å²) in [5.41, 5.74) is 5.17. The highest BCUT2D eigenvalue weighted by molar-refractivity contribution is 7.80. The van der Waals surface area contributed by atoms with Crippen LogP contribution in [0.3, 0.4) is 0 Å². The summed E-state index contributed by atoms with van der Waals surface area (Å²) in [6, 6.07) is 0. The molecule has 1 heterocycles. The number of hydrogen-bond acceptors (Lipinski definition) is 10. The number of aliphatic hydroxyl groups excluding tert-OH is 1. The van der Waals surface area contributed by atoms with Crippen LogP contribution in [-0.2, 0) is 31.6 Å². The molecule has 6 atom stereocenters. The molecule has 21 heteroatoms. The smallest absolute Gasteiger partial charge is 0.393 e. The molecule has 1 aliphatic rings. The number of phosphoric acid groups is 3. The van der Waals surface area contributed by atoms with Gasteiger partial charge in [-0.05, 0) is 0 Å². The van der Waals surface area contributed by atoms with Gasteiger partial charge in [0, 0.05) is 12.6 Å². The third-order valence-corrected chi connectivity index (χ3v) is 7.08. The lowest BCUT2D eigenvalue weighted by molar-refractivity contribution is -0.200. The van der Waals surface area contributed by atoms with E-state index >= 15 is 0 Å². The van der Waals surface area contributed by atoms with Crippen LogP contribution in [0.15, 0.2) is 4.99 Å². The zero-order valence-electron chi connectivity index (χ0n) is 14.3. The number of ether oxygens (including phenoxy) is 1. The molecular weight excluding hydrogens is 510 g/mol. The predicted molar refractivity (Wildman–Crippen MR) is 93.9 cm³/mol. The summed E-state index contributed by atoms with van der Waals surface area (Å²) >= 11 is 4.52. The van der Waals surface area contributed by atoms with Crippen molar-refractivity contribution in [3.8, 4) is 0 Å². The van der Waals surface area contributed by atoms with E-state index in [-0.39, 0.29) is 11.4 Å². The summed E-state index contributed by atoms with van der Waals surface area (Å²) < 4.78 is 88.8. The van der Waals surface area contributed by atoms with Crippen molar-refractivity contribution in [2.45, 2.75) is 31.0 Å². The topological polar surface area (TPSA) is 228 Å². The lowest BCUT2D eigenvalue weighted by Gasteiger charge is -2.21. The van der Waals surface area contributed by atoms with E-state index < -0.39 is 60.6 Å². The highest BCUT2D eigenvalue weighted by Gasteiger charge is 2.57. The van der Waals surface area contributed by atoms with E-state index in [1.54, 1.807) is 0 Å². The standard InChI is InChI=1S/C9H16F3N2O12P3S/c10-9(11,12)6-7(15)4(24-8(6)14-2-1-5(13)30)3-23-28(19,20)26-29(21,22)25-27(16,17)18/h2,4,6-8,15H,1,3H2,(H2,13,30)(H,19,20)(H,21,22)(H2,16,17,18). The zero-order chi connectivity index (χ0) is 23.5. The van der Waals surface area contributed by atoms with Crippen LogP contribution in [0.25, 0.3) is 0 Å². The first-order chi connectivity index (χ1) is 13.3. The molecule has 0 bridgehead atoms. The second-order valence-electron chi connectivity index (χ2n) is 5.51. The summed E-state index contributed by atoms with van der Waals surface area (Å²) in [7, 11) is -17.1. The minimum Gasteiger partial charge on any atom is -0.393 e. The fraction of sp³-hybridized carbons (Fsp3) is 0.778. The Hall–Kier alpha value is -0.320. The average Bonchev–Trinajstić information content (AvgIpc) is 2.77. The van der Waals surface area contributed by atoms with Crippen LogP contribution >= 0.6 is 35.7 Å². The van der Waals surface area contributed by atoms with Crippen molar-refractivity contribution in [2.75, 3.05) is 6.61 Å². The van der Waals surface area contributed by atoms with Gasteiger partial charge in [0.05, 0.1) is 17.7 Å². The summed E-state index contributed by atoms with van der Waals surface area (Å²) in [6.45, 7) is -1.28. The van der Waals surface area contributed by atoms with Gasteiger partial charge in [0.25, 0.3) is 0 Å². The van der Waals surface area contributed by atoms with Gasteiger partial charge in [-0.3, -0.25) is 9.52 Å². The first-order valence-corrected chi connectivity index (χ1v) is 12.2. The molecule has 0 aromatic heterocycles. The van der Waals surface area contributed by atoms with Crippen LogP contribution in [0.4, 0.5) is 13.2 Å². The Labute approximate surface area is 171 Å². The second kappa shape index (κ2) is 10.1. The van der Waals surface area contributed by atoms with Crippen LogP contribution in [0.1, 0.15) is 6.42 Å². The van der Waals surface area contributed by atoms with Crippen molar-refractivity contribution in [3.63, 3.8) is 0 Å². The molecule has 1 fully saturated rings. The maximum Gasteiger partial charge on any atom is 0.490 e. The number of aliphatic imine (C=N–C) groups is 1. The molecule has 0 saturated carbocycles. The number of aliphatic hydroxyl groups is 1. The SMILES string of the molecule is NC(=S)CC=NC1OC(COP(=O)(O)OP(=O)(O)OP(=O)(O)O)C(O)C1C(F)(F)F. The van der Waals surface area contributed by atoms with Crippen molar-refractivity contribution >= 4 is 46.9 Å². The van der Waals surface area contributed by atoms with E-state index in [1.807, 2.05) is 0 Å². The van der Waals surface area contributed by atoms with Crippen LogP contribution in [0.2, 0.25) is 0 Å². The van der Waals surface area contributed by atoms with Crippen LogP contribution < -0.4 is 5.73 Å². The monoisotopic (exact) mass is 526 g/mol. The number of rotatable bonds is 10. The van der Waals surface area contributed by atoms with E-state index in [0.29, 0.717) is 0 Å². The minimum atomic E-state index is -5.82. The van der Waals surface area contributed by atoms with Crippen LogP contribution in [0.5, 0.6) is 0 Å². The number of alkyl halides is 3. The minimum absolute atomic E-state index is 0.0925. The lowest BCUT2D eigenvalue weighted by Crippen LogP contribution is -2.39. The molecule has 0 amide bonds. The molecule has 0 spiro atoms. The lowest BCUT2D eigenvalue weighted by atomic mass is 9.99. The number of nitrogens with two attached hydrogens (primary N) is 1. The maximum atomic E-state index is 13.2. The van der Waals surface area contributed by atoms with Gasteiger partial charge >= 0.3 is 29.6 Å². The van der Waals surface area contributed by atoms with Crippen molar-refractivity contribution in [3.05, 3.63) is 0 Å². The van der Waals surface area contributed by atoms with Crippen molar-refractivity contribution in [1.82, 2.24) is 0 Å². The largest absolute Gasteiger partial charge is 0.490 e. The van der Waals surface area contributed by atoms with Gasteiger partial charge in [0.1, 0.15) is 12.0 Å². The van der Waals surface area contributed by atoms with Gasteiger partial charge in [-0.1, -0.05) is 12.2 Å². The Kier molecular flexibility index (Phi) is 9.32. The second-order valence-corrected chi connectivity index (χ2v) is 10.5. The summed E-state index contributed by atoms with van der Waals surface area (Å²) in [5, 5.41) is 9.85. The first kappa shape index (κ1) is 27.7. The molecule has 1 rings (SSSR count). The van der Waals surface area contributed by atoms with Gasteiger partial charge in [-0.25, -0.2) is 13.7 Å².